The number of rotatable bonds is 8. The fraction of sp³-hybridized carbons (Fsp3) is 0.433. The quantitative estimate of drug-likeness (QED) is 0.251. The van der Waals surface area contributed by atoms with Gasteiger partial charge in [-0.15, -0.1) is 0 Å². The van der Waals surface area contributed by atoms with Crippen LogP contribution in [0.2, 0.25) is 0 Å². The van der Waals surface area contributed by atoms with Gasteiger partial charge in [0.25, 0.3) is 5.91 Å². The number of para-hydroxylation sites is 1. The Kier molecular flexibility index (Phi) is 8.33. The molecule has 0 radical (unpaired) electrons. The molecule has 2 aromatic carbocycles. The minimum Gasteiger partial charge on any atom is -0.489 e. The number of benzene rings is 2. The SMILES string of the molecule is Cc1cc(COc2ccc(C(=O)N[C@]3(CC(=O)NO)CC[C@@H](NC(C)(C)C)CC3)cc2)c2ccccc2n1. The number of aryl methyl sites for hydroxylation is 1. The Hall–Kier alpha value is -3.49. The van der Waals surface area contributed by atoms with Gasteiger partial charge in [0.15, 0.2) is 0 Å². The van der Waals surface area contributed by atoms with Crippen LogP contribution in [0.3, 0.4) is 0 Å². The normalized spacial score (nSPS) is 19.7. The summed E-state index contributed by atoms with van der Waals surface area (Å²) >= 11 is 0. The molecule has 1 heterocycles. The van der Waals surface area contributed by atoms with E-state index >= 15 is 0 Å². The third-order valence-corrected chi connectivity index (χ3v) is 7.02. The molecule has 0 aliphatic heterocycles. The highest BCUT2D eigenvalue weighted by Crippen LogP contribution is 2.33. The number of ether oxygens (including phenoxy) is 1. The summed E-state index contributed by atoms with van der Waals surface area (Å²) in [7, 11) is 0. The third-order valence-electron chi connectivity index (χ3n) is 7.02. The van der Waals surface area contributed by atoms with Crippen molar-refractivity contribution in [3.63, 3.8) is 0 Å². The first-order valence-corrected chi connectivity index (χ1v) is 13.2. The fourth-order valence-electron chi connectivity index (χ4n) is 5.31. The highest BCUT2D eigenvalue weighted by Gasteiger charge is 2.39. The van der Waals surface area contributed by atoms with E-state index < -0.39 is 11.4 Å². The predicted octanol–water partition coefficient (Wildman–Crippen LogP) is 4.82. The van der Waals surface area contributed by atoms with Gasteiger partial charge < -0.3 is 15.4 Å². The molecule has 0 unspecified atom stereocenters. The molecule has 1 aromatic heterocycles. The number of aromatic nitrogens is 1. The second-order valence-electron chi connectivity index (χ2n) is 11.4. The van der Waals surface area contributed by atoms with E-state index in [4.69, 9.17) is 9.94 Å². The number of hydrogen-bond acceptors (Lipinski definition) is 6. The minimum absolute atomic E-state index is 0.0104. The van der Waals surface area contributed by atoms with Crippen LogP contribution in [-0.2, 0) is 11.4 Å². The van der Waals surface area contributed by atoms with E-state index in [0.717, 1.165) is 35.0 Å². The van der Waals surface area contributed by atoms with Gasteiger partial charge in [-0.3, -0.25) is 19.8 Å². The molecule has 8 nitrogen and oxygen atoms in total. The number of carbonyl (C=O) groups excluding carboxylic acids is 2. The van der Waals surface area contributed by atoms with E-state index in [0.29, 0.717) is 36.8 Å². The number of nitrogens with zero attached hydrogens (tertiary/aromatic N) is 1. The van der Waals surface area contributed by atoms with E-state index in [2.05, 4.69) is 36.4 Å². The molecule has 4 N–H and O–H groups in total. The van der Waals surface area contributed by atoms with Gasteiger partial charge in [-0.05, 0) is 89.8 Å². The highest BCUT2D eigenvalue weighted by atomic mass is 16.5. The molecule has 8 heteroatoms. The monoisotopic (exact) mass is 518 g/mol. The summed E-state index contributed by atoms with van der Waals surface area (Å²) in [5.41, 5.74) is 4.41. The van der Waals surface area contributed by atoms with Crippen molar-refractivity contribution in [1.29, 1.82) is 0 Å². The van der Waals surface area contributed by atoms with Crippen LogP contribution in [-0.4, -0.2) is 39.1 Å². The maximum atomic E-state index is 13.2. The number of hydroxylamine groups is 1. The van der Waals surface area contributed by atoms with Crippen molar-refractivity contribution in [1.82, 2.24) is 21.1 Å². The number of hydrogen-bond donors (Lipinski definition) is 4. The van der Waals surface area contributed by atoms with Gasteiger partial charge >= 0.3 is 0 Å². The van der Waals surface area contributed by atoms with E-state index in [1.807, 2.05) is 37.3 Å². The summed E-state index contributed by atoms with van der Waals surface area (Å²) in [5.74, 6) is -0.0985. The Morgan fingerprint density at radius 3 is 2.42 bits per heavy atom. The maximum Gasteiger partial charge on any atom is 0.251 e. The second kappa shape index (κ2) is 11.5. The Morgan fingerprint density at radius 2 is 1.76 bits per heavy atom. The van der Waals surface area contributed by atoms with Gasteiger partial charge in [0.05, 0.1) is 11.9 Å². The first-order valence-electron chi connectivity index (χ1n) is 13.2. The molecular formula is C30H38N4O4. The van der Waals surface area contributed by atoms with Crippen LogP contribution in [0.25, 0.3) is 10.9 Å². The zero-order valence-electron chi connectivity index (χ0n) is 22.6. The molecule has 1 fully saturated rings. The van der Waals surface area contributed by atoms with Gasteiger partial charge in [-0.2, -0.15) is 0 Å². The number of pyridine rings is 1. The van der Waals surface area contributed by atoms with Crippen molar-refractivity contribution in [2.24, 2.45) is 0 Å². The molecule has 0 atom stereocenters. The predicted molar refractivity (Wildman–Crippen MR) is 147 cm³/mol. The van der Waals surface area contributed by atoms with Gasteiger partial charge in [0.2, 0.25) is 5.91 Å². The smallest absolute Gasteiger partial charge is 0.251 e. The number of nitrogens with one attached hydrogen (secondary N) is 3. The molecule has 38 heavy (non-hydrogen) atoms. The average Bonchev–Trinajstić information content (AvgIpc) is 2.88. The molecule has 1 aliphatic carbocycles. The lowest BCUT2D eigenvalue weighted by molar-refractivity contribution is -0.131. The molecule has 0 saturated heterocycles. The van der Waals surface area contributed by atoms with Crippen LogP contribution >= 0.6 is 0 Å². The summed E-state index contributed by atoms with van der Waals surface area (Å²) < 4.78 is 6.03. The zero-order chi connectivity index (χ0) is 27.3. The van der Waals surface area contributed by atoms with Crippen molar-refractivity contribution < 1.29 is 19.5 Å². The minimum atomic E-state index is -0.713. The van der Waals surface area contributed by atoms with Crippen molar-refractivity contribution >= 4 is 22.7 Å². The highest BCUT2D eigenvalue weighted by molar-refractivity contribution is 5.95. The van der Waals surface area contributed by atoms with Crippen molar-refractivity contribution in [3.05, 3.63) is 71.4 Å². The molecule has 0 bridgehead atoms. The molecule has 3 aromatic rings. The summed E-state index contributed by atoms with van der Waals surface area (Å²) in [6.07, 6.45) is 2.96. The summed E-state index contributed by atoms with van der Waals surface area (Å²) in [6, 6.07) is 17.3. The van der Waals surface area contributed by atoms with Crippen LogP contribution in [0.1, 0.15) is 74.5 Å². The van der Waals surface area contributed by atoms with E-state index in [9.17, 15) is 9.59 Å². The van der Waals surface area contributed by atoms with Crippen LogP contribution < -0.4 is 20.9 Å². The molecule has 0 spiro atoms. The fourth-order valence-corrected chi connectivity index (χ4v) is 5.31. The Labute approximate surface area is 224 Å². The summed E-state index contributed by atoms with van der Waals surface area (Å²) in [4.78, 5) is 29.9. The molecule has 2 amide bonds. The second-order valence-corrected chi connectivity index (χ2v) is 11.4. The summed E-state index contributed by atoms with van der Waals surface area (Å²) in [6.45, 7) is 8.74. The van der Waals surface area contributed by atoms with Crippen LogP contribution in [0.15, 0.2) is 54.6 Å². The zero-order valence-corrected chi connectivity index (χ0v) is 22.6. The van der Waals surface area contributed by atoms with E-state index in [-0.39, 0.29) is 17.9 Å². The van der Waals surface area contributed by atoms with Gasteiger partial charge in [0, 0.05) is 39.3 Å². The van der Waals surface area contributed by atoms with Crippen LogP contribution in [0, 0.1) is 6.92 Å². The van der Waals surface area contributed by atoms with Gasteiger partial charge in [0.1, 0.15) is 12.4 Å². The topological polar surface area (TPSA) is 113 Å². The Morgan fingerprint density at radius 1 is 1.08 bits per heavy atom. The van der Waals surface area contributed by atoms with Crippen LogP contribution in [0.5, 0.6) is 5.75 Å². The van der Waals surface area contributed by atoms with Crippen molar-refractivity contribution in [3.8, 4) is 5.75 Å². The standard InChI is InChI=1S/C30H38N4O4/c1-20-17-22(25-7-5-6-8-26(25)31-20)19-38-24-11-9-21(10-12-24)28(36)33-30(18-27(35)34-37)15-13-23(14-16-30)32-29(2,3)4/h5-12,17,23,32,37H,13-16,18-19H2,1-4H3,(H,33,36)(H,34,35)/t23-,30-. The Bertz CT molecular complexity index is 1280. The number of amides is 2. The third kappa shape index (κ3) is 7.08. The van der Waals surface area contributed by atoms with Crippen LogP contribution in [0.4, 0.5) is 0 Å². The molecule has 1 aliphatic rings. The van der Waals surface area contributed by atoms with Gasteiger partial charge in [-0.25, -0.2) is 5.48 Å². The first kappa shape index (κ1) is 27.5. The maximum absolute atomic E-state index is 13.2. The average molecular weight is 519 g/mol. The van der Waals surface area contributed by atoms with Crippen molar-refractivity contribution in [2.45, 2.75) is 83.5 Å². The molecule has 1 saturated carbocycles. The van der Waals surface area contributed by atoms with Gasteiger partial charge in [-0.1, -0.05) is 18.2 Å². The Balaban J connectivity index is 1.41. The summed E-state index contributed by atoms with van der Waals surface area (Å²) in [5, 5.41) is 16.9. The largest absolute Gasteiger partial charge is 0.489 e. The molecular weight excluding hydrogens is 480 g/mol. The lowest BCUT2D eigenvalue weighted by Crippen LogP contribution is -2.56. The number of fused-ring (bicyclic) bond motifs is 1. The molecule has 4 rings (SSSR count). The first-order chi connectivity index (χ1) is 18.1. The lowest BCUT2D eigenvalue weighted by Gasteiger charge is -2.42. The lowest BCUT2D eigenvalue weighted by atomic mass is 9.76. The van der Waals surface area contributed by atoms with Crippen molar-refractivity contribution in [2.75, 3.05) is 0 Å². The number of carbonyl (C=O) groups is 2. The molecule has 202 valence electrons. The van der Waals surface area contributed by atoms with E-state index in [1.54, 1.807) is 29.7 Å². The van der Waals surface area contributed by atoms with E-state index in [1.165, 1.54) is 0 Å².